The van der Waals surface area contributed by atoms with Crippen molar-refractivity contribution in [3.8, 4) is 11.5 Å². The number of aromatic nitrogens is 1. The number of nitrogens with one attached hydrogen (secondary N) is 1. The normalized spacial score (nSPS) is 14.8. The predicted octanol–water partition coefficient (Wildman–Crippen LogP) is 5.09. The highest BCUT2D eigenvalue weighted by atomic mass is 35.5. The Labute approximate surface area is 201 Å². The second-order valence-corrected chi connectivity index (χ2v) is 8.86. The molecule has 0 aliphatic carbocycles. The molecule has 9 heteroatoms. The van der Waals surface area contributed by atoms with Crippen LogP contribution in [0.1, 0.15) is 40.5 Å². The van der Waals surface area contributed by atoms with Crippen LogP contribution in [0.4, 0.5) is 4.39 Å². The van der Waals surface area contributed by atoms with Crippen molar-refractivity contribution < 1.29 is 18.7 Å². The Kier molecular flexibility index (Phi) is 7.80. The first kappa shape index (κ1) is 23.5. The summed E-state index contributed by atoms with van der Waals surface area (Å²) in [4.78, 5) is 19.3. The third-order valence-electron chi connectivity index (χ3n) is 5.66. The summed E-state index contributed by atoms with van der Waals surface area (Å²) >= 11 is 7.84. The first-order chi connectivity index (χ1) is 16.1. The fraction of sp³-hybridized carbons (Fsp3) is 0.333. The van der Waals surface area contributed by atoms with Crippen molar-refractivity contribution in [1.29, 1.82) is 0 Å². The zero-order chi connectivity index (χ0) is 23.2. The largest absolute Gasteiger partial charge is 0.493 e. The van der Waals surface area contributed by atoms with Crippen molar-refractivity contribution in [3.05, 3.63) is 74.9 Å². The molecule has 33 heavy (non-hydrogen) atoms. The molecule has 4 rings (SSSR count). The molecule has 0 saturated carbocycles. The van der Waals surface area contributed by atoms with Gasteiger partial charge in [0, 0.05) is 28.1 Å². The fourth-order valence-corrected chi connectivity index (χ4v) is 4.81. The Balaban J connectivity index is 1.47. The number of thiazole rings is 1. The van der Waals surface area contributed by atoms with Gasteiger partial charge >= 0.3 is 0 Å². The number of carbonyl (C=O) groups excluding carboxylic acids is 1. The molecule has 1 atom stereocenters. The number of amides is 1. The molecule has 1 fully saturated rings. The van der Waals surface area contributed by atoms with Crippen molar-refractivity contribution in [1.82, 2.24) is 15.2 Å². The van der Waals surface area contributed by atoms with E-state index in [1.54, 1.807) is 35.8 Å². The lowest BCUT2D eigenvalue weighted by molar-refractivity contribution is 0.0936. The van der Waals surface area contributed by atoms with E-state index in [4.69, 9.17) is 21.1 Å². The van der Waals surface area contributed by atoms with Crippen molar-refractivity contribution in [2.75, 3.05) is 26.7 Å². The van der Waals surface area contributed by atoms with Crippen molar-refractivity contribution in [2.45, 2.75) is 25.5 Å². The predicted molar refractivity (Wildman–Crippen MR) is 127 cm³/mol. The third kappa shape index (κ3) is 5.63. The number of hydrogen-bond acceptors (Lipinski definition) is 6. The maximum absolute atomic E-state index is 14.7. The molecule has 1 aromatic heterocycles. The number of carbonyl (C=O) groups is 1. The molecule has 2 aromatic carbocycles. The van der Waals surface area contributed by atoms with E-state index in [1.807, 2.05) is 5.38 Å². The molecule has 1 N–H and O–H groups in total. The van der Waals surface area contributed by atoms with Crippen molar-refractivity contribution in [2.24, 2.45) is 0 Å². The van der Waals surface area contributed by atoms with E-state index in [1.165, 1.54) is 24.5 Å². The Bertz CT molecular complexity index is 1070. The number of hydrogen-bond donors (Lipinski definition) is 1. The molecule has 3 aromatic rings. The Morgan fingerprint density at radius 1 is 1.27 bits per heavy atom. The van der Waals surface area contributed by atoms with Crippen LogP contribution in [0.3, 0.4) is 0 Å². The summed E-state index contributed by atoms with van der Waals surface area (Å²) in [6.45, 7) is 2.23. The van der Waals surface area contributed by atoms with Crippen LogP contribution >= 0.6 is 22.9 Å². The first-order valence-corrected chi connectivity index (χ1v) is 12.0. The summed E-state index contributed by atoms with van der Waals surface area (Å²) in [6.07, 6.45) is 2.08. The van der Waals surface area contributed by atoms with Gasteiger partial charge in [-0.1, -0.05) is 17.7 Å². The number of rotatable bonds is 9. The van der Waals surface area contributed by atoms with Gasteiger partial charge in [-0.05, 0) is 56.3 Å². The van der Waals surface area contributed by atoms with Gasteiger partial charge in [0.25, 0.3) is 5.91 Å². The molecule has 6 nitrogen and oxygen atoms in total. The van der Waals surface area contributed by atoms with Gasteiger partial charge in [-0.3, -0.25) is 9.69 Å². The molecule has 1 aliphatic heterocycles. The lowest BCUT2D eigenvalue weighted by Crippen LogP contribution is -2.37. The maximum Gasteiger partial charge on any atom is 0.251 e. The Morgan fingerprint density at radius 3 is 2.79 bits per heavy atom. The molecular formula is C24H25ClFN3O3S. The van der Waals surface area contributed by atoms with Gasteiger partial charge in [0.05, 0.1) is 24.4 Å². The summed E-state index contributed by atoms with van der Waals surface area (Å²) in [5.74, 6) is 0.328. The number of halogens is 2. The van der Waals surface area contributed by atoms with Gasteiger partial charge in [-0.15, -0.1) is 11.3 Å². The summed E-state index contributed by atoms with van der Waals surface area (Å²) in [5, 5.41) is 5.22. The van der Waals surface area contributed by atoms with Crippen LogP contribution < -0.4 is 14.8 Å². The second kappa shape index (κ2) is 11.0. The summed E-state index contributed by atoms with van der Waals surface area (Å²) in [7, 11) is 1.52. The van der Waals surface area contributed by atoms with Crippen molar-refractivity contribution in [3.63, 3.8) is 0 Å². The SMILES string of the molecule is COc1cc(C(=O)NCC(c2c(F)cccc2Cl)N2CCCC2)ccc1OCc1cscn1. The Hall–Kier alpha value is -2.68. The number of likely N-dealkylation sites (tertiary alicyclic amines) is 1. The molecule has 174 valence electrons. The average Bonchev–Trinajstić information content (AvgIpc) is 3.54. The van der Waals surface area contributed by atoms with Crippen LogP contribution in [0.25, 0.3) is 0 Å². The first-order valence-electron chi connectivity index (χ1n) is 10.7. The van der Waals surface area contributed by atoms with Gasteiger partial charge in [0.15, 0.2) is 11.5 Å². The number of methoxy groups -OCH3 is 1. The summed E-state index contributed by atoms with van der Waals surface area (Å²) < 4.78 is 25.9. The monoisotopic (exact) mass is 489 g/mol. The Morgan fingerprint density at radius 2 is 2.09 bits per heavy atom. The molecule has 2 heterocycles. The molecular weight excluding hydrogens is 465 g/mol. The van der Waals surface area contributed by atoms with Gasteiger partial charge < -0.3 is 14.8 Å². The molecule has 1 saturated heterocycles. The minimum atomic E-state index is -0.364. The standard InChI is InChI=1S/C24H25ClFN3O3S/c1-31-22-11-16(7-8-21(22)32-13-17-14-33-15-28-17)24(30)27-12-20(29-9-2-3-10-29)23-18(25)5-4-6-19(23)26/h4-8,11,14-15,20H,2-3,9-10,12-13H2,1H3,(H,27,30). The smallest absolute Gasteiger partial charge is 0.251 e. The van der Waals surface area contributed by atoms with Crippen LogP contribution in [0.15, 0.2) is 47.3 Å². The maximum atomic E-state index is 14.7. The summed E-state index contributed by atoms with van der Waals surface area (Å²) in [6, 6.07) is 9.34. The minimum absolute atomic E-state index is 0.240. The van der Waals surface area contributed by atoms with E-state index in [9.17, 15) is 9.18 Å². The van der Waals surface area contributed by atoms with Crippen LogP contribution in [-0.2, 0) is 6.61 Å². The fourth-order valence-electron chi connectivity index (χ4n) is 3.98. The number of benzene rings is 2. The van der Waals surface area contributed by atoms with E-state index in [0.717, 1.165) is 31.6 Å². The molecule has 1 unspecified atom stereocenters. The minimum Gasteiger partial charge on any atom is -0.493 e. The van der Waals surface area contributed by atoms with Crippen molar-refractivity contribution >= 4 is 28.8 Å². The van der Waals surface area contributed by atoms with Gasteiger partial charge in [0.2, 0.25) is 0 Å². The zero-order valence-electron chi connectivity index (χ0n) is 18.2. The van der Waals surface area contributed by atoms with E-state index < -0.39 is 0 Å². The molecule has 0 spiro atoms. The van der Waals surface area contributed by atoms with Gasteiger partial charge in [-0.2, -0.15) is 0 Å². The van der Waals surface area contributed by atoms with E-state index in [-0.39, 0.29) is 24.3 Å². The molecule has 0 bridgehead atoms. The lowest BCUT2D eigenvalue weighted by atomic mass is 10.0. The highest BCUT2D eigenvalue weighted by Crippen LogP contribution is 2.32. The highest BCUT2D eigenvalue weighted by molar-refractivity contribution is 7.07. The average molecular weight is 490 g/mol. The highest BCUT2D eigenvalue weighted by Gasteiger charge is 2.28. The second-order valence-electron chi connectivity index (χ2n) is 7.74. The van der Waals surface area contributed by atoms with E-state index in [2.05, 4.69) is 15.2 Å². The van der Waals surface area contributed by atoms with E-state index in [0.29, 0.717) is 34.3 Å². The van der Waals surface area contributed by atoms with Crippen LogP contribution in [0.5, 0.6) is 11.5 Å². The van der Waals surface area contributed by atoms with E-state index >= 15 is 0 Å². The van der Waals surface area contributed by atoms with Crippen LogP contribution in [0.2, 0.25) is 5.02 Å². The van der Waals surface area contributed by atoms with Crippen LogP contribution in [0, 0.1) is 5.82 Å². The van der Waals surface area contributed by atoms with Gasteiger partial charge in [0.1, 0.15) is 12.4 Å². The number of nitrogens with zero attached hydrogens (tertiary/aromatic N) is 2. The zero-order valence-corrected chi connectivity index (χ0v) is 19.8. The number of ether oxygens (including phenoxy) is 2. The quantitative estimate of drug-likeness (QED) is 0.453. The third-order valence-corrected chi connectivity index (χ3v) is 6.62. The molecule has 1 aliphatic rings. The van der Waals surface area contributed by atoms with Gasteiger partial charge in [-0.25, -0.2) is 9.37 Å². The molecule has 1 amide bonds. The van der Waals surface area contributed by atoms with Crippen LogP contribution in [-0.4, -0.2) is 42.5 Å². The molecule has 0 radical (unpaired) electrons. The lowest BCUT2D eigenvalue weighted by Gasteiger charge is -2.29. The topological polar surface area (TPSA) is 63.7 Å². The summed E-state index contributed by atoms with van der Waals surface area (Å²) in [5.41, 5.74) is 3.41.